The lowest BCUT2D eigenvalue weighted by Gasteiger charge is -1.89. The maximum atomic E-state index is 10.2. The molecule has 0 saturated carbocycles. The van der Waals surface area contributed by atoms with E-state index >= 15 is 0 Å². The number of thiazole rings is 1. The van der Waals surface area contributed by atoms with Crippen LogP contribution in [0.5, 0.6) is 0 Å². The van der Waals surface area contributed by atoms with Gasteiger partial charge in [0, 0.05) is 17.5 Å². The largest absolute Gasteiger partial charge is 0.481 e. The summed E-state index contributed by atoms with van der Waals surface area (Å²) in [4.78, 5) is 15.6. The molecule has 1 rings (SSSR count). The predicted molar refractivity (Wildman–Crippen MR) is 47.4 cm³/mol. The molecular weight excluding hydrogens is 174 g/mol. The minimum absolute atomic E-state index is 0.177. The number of hydrogen-bond acceptors (Lipinski definition) is 3. The van der Waals surface area contributed by atoms with Crippen LogP contribution in [0.3, 0.4) is 0 Å². The van der Waals surface area contributed by atoms with Crippen LogP contribution in [0.25, 0.3) is 0 Å². The Morgan fingerprint density at radius 1 is 1.75 bits per heavy atom. The summed E-state index contributed by atoms with van der Waals surface area (Å²) >= 11 is 1.60. The smallest absolute Gasteiger partial charge is 0.303 e. The zero-order valence-electron chi connectivity index (χ0n) is 6.91. The average molecular weight is 185 g/mol. The van der Waals surface area contributed by atoms with Gasteiger partial charge in [-0.05, 0) is 6.42 Å². The fourth-order valence-corrected chi connectivity index (χ4v) is 1.70. The molecule has 3 nitrogen and oxygen atoms in total. The standard InChI is InChI=1S/C8H11NO2S/c1-2-6-5-9-7(12-6)3-4-8(10)11/h5H,2-4H2,1H3,(H,10,11). The van der Waals surface area contributed by atoms with Crippen LogP contribution < -0.4 is 0 Å². The van der Waals surface area contributed by atoms with Crippen LogP contribution in [0, 0.1) is 0 Å². The number of carboxylic acid groups (broad SMARTS) is 1. The average Bonchev–Trinajstić information content (AvgIpc) is 2.48. The summed E-state index contributed by atoms with van der Waals surface area (Å²) in [5.74, 6) is -0.761. The van der Waals surface area contributed by atoms with Gasteiger partial charge in [0.05, 0.1) is 11.4 Å². The molecule has 12 heavy (non-hydrogen) atoms. The number of rotatable bonds is 4. The second-order valence-corrected chi connectivity index (χ2v) is 3.67. The predicted octanol–water partition coefficient (Wildman–Crippen LogP) is 1.72. The van der Waals surface area contributed by atoms with Crippen molar-refractivity contribution >= 4 is 17.3 Å². The van der Waals surface area contributed by atoms with E-state index in [0.29, 0.717) is 6.42 Å². The highest BCUT2D eigenvalue weighted by Gasteiger charge is 2.02. The second kappa shape index (κ2) is 4.21. The molecule has 0 radical (unpaired) electrons. The third-order valence-electron chi connectivity index (χ3n) is 1.50. The summed E-state index contributed by atoms with van der Waals surface area (Å²) in [5.41, 5.74) is 0. The van der Waals surface area contributed by atoms with Crippen molar-refractivity contribution in [3.8, 4) is 0 Å². The monoisotopic (exact) mass is 185 g/mol. The van der Waals surface area contributed by atoms with Crippen molar-refractivity contribution in [2.75, 3.05) is 0 Å². The van der Waals surface area contributed by atoms with Crippen molar-refractivity contribution in [1.29, 1.82) is 0 Å². The Kier molecular flexibility index (Phi) is 3.22. The number of aryl methyl sites for hydroxylation is 2. The molecule has 0 aliphatic rings. The lowest BCUT2D eigenvalue weighted by atomic mass is 10.3. The molecular formula is C8H11NO2S. The lowest BCUT2D eigenvalue weighted by Crippen LogP contribution is -1.96. The van der Waals surface area contributed by atoms with E-state index in [-0.39, 0.29) is 6.42 Å². The number of aliphatic carboxylic acids is 1. The quantitative estimate of drug-likeness (QED) is 0.777. The number of nitrogens with zero attached hydrogens (tertiary/aromatic N) is 1. The van der Waals surface area contributed by atoms with Gasteiger partial charge in [-0.3, -0.25) is 4.79 Å². The minimum Gasteiger partial charge on any atom is -0.481 e. The highest BCUT2D eigenvalue weighted by Crippen LogP contribution is 2.14. The van der Waals surface area contributed by atoms with Crippen LogP contribution in [0.2, 0.25) is 0 Å². The molecule has 0 atom stereocenters. The van der Waals surface area contributed by atoms with E-state index in [2.05, 4.69) is 11.9 Å². The molecule has 0 aliphatic carbocycles. The molecule has 0 spiro atoms. The van der Waals surface area contributed by atoms with Gasteiger partial charge in [-0.15, -0.1) is 11.3 Å². The van der Waals surface area contributed by atoms with Crippen molar-refractivity contribution in [2.45, 2.75) is 26.2 Å². The first-order chi connectivity index (χ1) is 5.72. The number of carbonyl (C=O) groups is 1. The zero-order chi connectivity index (χ0) is 8.97. The Morgan fingerprint density at radius 2 is 2.50 bits per heavy atom. The molecule has 4 heteroatoms. The highest BCUT2D eigenvalue weighted by atomic mass is 32.1. The fourth-order valence-electron chi connectivity index (χ4n) is 0.841. The van der Waals surface area contributed by atoms with Crippen LogP contribution in [0.4, 0.5) is 0 Å². The van der Waals surface area contributed by atoms with Gasteiger partial charge < -0.3 is 5.11 Å². The Hall–Kier alpha value is -0.900. The van der Waals surface area contributed by atoms with Crippen molar-refractivity contribution in [1.82, 2.24) is 4.98 Å². The van der Waals surface area contributed by atoms with E-state index in [9.17, 15) is 4.79 Å². The van der Waals surface area contributed by atoms with Crippen molar-refractivity contribution in [2.24, 2.45) is 0 Å². The van der Waals surface area contributed by atoms with Gasteiger partial charge in [0.2, 0.25) is 0 Å². The summed E-state index contributed by atoms with van der Waals surface area (Å²) in [7, 11) is 0. The summed E-state index contributed by atoms with van der Waals surface area (Å²) in [6.45, 7) is 2.06. The molecule has 1 N–H and O–H groups in total. The van der Waals surface area contributed by atoms with Gasteiger partial charge in [-0.25, -0.2) is 4.98 Å². The van der Waals surface area contributed by atoms with E-state index < -0.39 is 5.97 Å². The van der Waals surface area contributed by atoms with Crippen molar-refractivity contribution in [3.05, 3.63) is 16.1 Å². The molecule has 0 bridgehead atoms. The summed E-state index contributed by atoms with van der Waals surface area (Å²) < 4.78 is 0. The Labute approximate surface area is 75.1 Å². The second-order valence-electron chi connectivity index (χ2n) is 2.47. The summed E-state index contributed by atoms with van der Waals surface area (Å²) in [6, 6.07) is 0. The lowest BCUT2D eigenvalue weighted by molar-refractivity contribution is -0.136. The van der Waals surface area contributed by atoms with E-state index in [0.717, 1.165) is 11.4 Å². The first-order valence-electron chi connectivity index (χ1n) is 3.87. The highest BCUT2D eigenvalue weighted by molar-refractivity contribution is 7.11. The van der Waals surface area contributed by atoms with E-state index in [1.165, 1.54) is 4.88 Å². The molecule has 0 amide bonds. The van der Waals surface area contributed by atoms with E-state index in [1.807, 2.05) is 6.20 Å². The van der Waals surface area contributed by atoms with Gasteiger partial charge in [0.15, 0.2) is 0 Å². The summed E-state index contributed by atoms with van der Waals surface area (Å²) in [5, 5.41) is 9.34. The molecule has 0 aliphatic heterocycles. The molecule has 0 fully saturated rings. The molecule has 1 aromatic rings. The minimum atomic E-state index is -0.761. The SMILES string of the molecule is CCc1cnc(CCC(=O)O)s1. The van der Waals surface area contributed by atoms with Crippen LogP contribution in [0.15, 0.2) is 6.20 Å². The van der Waals surface area contributed by atoms with Gasteiger partial charge in [0.25, 0.3) is 0 Å². The molecule has 1 aromatic heterocycles. The normalized spacial score (nSPS) is 10.1. The molecule has 0 aromatic carbocycles. The van der Waals surface area contributed by atoms with Crippen molar-refractivity contribution < 1.29 is 9.90 Å². The molecule has 66 valence electrons. The number of hydrogen-bond donors (Lipinski definition) is 1. The van der Waals surface area contributed by atoms with Gasteiger partial charge >= 0.3 is 5.97 Å². The molecule has 0 unspecified atom stereocenters. The van der Waals surface area contributed by atoms with E-state index in [1.54, 1.807) is 11.3 Å². The van der Waals surface area contributed by atoms with Gasteiger partial charge in [-0.1, -0.05) is 6.92 Å². The number of carboxylic acids is 1. The first kappa shape index (κ1) is 9.19. The van der Waals surface area contributed by atoms with Crippen LogP contribution >= 0.6 is 11.3 Å². The topological polar surface area (TPSA) is 50.2 Å². The third kappa shape index (κ3) is 2.62. The van der Waals surface area contributed by atoms with Gasteiger partial charge in [0.1, 0.15) is 0 Å². The van der Waals surface area contributed by atoms with Crippen LogP contribution in [0.1, 0.15) is 23.2 Å². The molecule has 1 heterocycles. The third-order valence-corrected chi connectivity index (χ3v) is 2.70. The van der Waals surface area contributed by atoms with Crippen LogP contribution in [-0.4, -0.2) is 16.1 Å². The van der Waals surface area contributed by atoms with E-state index in [4.69, 9.17) is 5.11 Å². The maximum Gasteiger partial charge on any atom is 0.303 e. The number of aromatic nitrogens is 1. The molecule has 0 saturated heterocycles. The fraction of sp³-hybridized carbons (Fsp3) is 0.500. The Bertz CT molecular complexity index is 270. The zero-order valence-corrected chi connectivity index (χ0v) is 7.73. The van der Waals surface area contributed by atoms with Crippen LogP contribution in [-0.2, 0) is 17.6 Å². The Balaban J connectivity index is 2.47. The summed E-state index contributed by atoms with van der Waals surface area (Å²) in [6.07, 6.45) is 3.53. The maximum absolute atomic E-state index is 10.2. The van der Waals surface area contributed by atoms with Gasteiger partial charge in [-0.2, -0.15) is 0 Å². The van der Waals surface area contributed by atoms with Crippen molar-refractivity contribution in [3.63, 3.8) is 0 Å². The Morgan fingerprint density at radius 3 is 3.00 bits per heavy atom. The first-order valence-corrected chi connectivity index (χ1v) is 4.69.